The highest BCUT2D eigenvalue weighted by Crippen LogP contribution is 2.24. The molecule has 0 amide bonds. The van der Waals surface area contributed by atoms with Crippen molar-refractivity contribution in [1.82, 2.24) is 0 Å². The van der Waals surface area contributed by atoms with Crippen LogP contribution in [0, 0.1) is 17.5 Å². The van der Waals surface area contributed by atoms with E-state index in [-0.39, 0.29) is 11.5 Å². The normalized spacial score (nSPS) is 15.4. The van der Waals surface area contributed by atoms with Gasteiger partial charge in [-0.15, -0.1) is 0 Å². The Kier molecular flexibility index (Phi) is 5.26. The number of halogens is 3. The van der Waals surface area contributed by atoms with Crippen LogP contribution in [0.5, 0.6) is 0 Å². The molecule has 0 saturated carbocycles. The Bertz CT molecular complexity index is 763. The number of hydrazone groups is 1. The maximum Gasteiger partial charge on any atom is 0.151 e. The number of para-hydroxylation sites is 1. The minimum Gasteiger partial charge on any atom is -0.369 e. The van der Waals surface area contributed by atoms with Crippen molar-refractivity contribution in [1.29, 1.82) is 0 Å². The van der Waals surface area contributed by atoms with Gasteiger partial charge in [0.15, 0.2) is 11.6 Å². The third-order valence-electron chi connectivity index (χ3n) is 4.36. The Hall–Kier alpha value is -2.50. The lowest BCUT2D eigenvalue weighted by Gasteiger charge is -2.29. The maximum absolute atomic E-state index is 14.4. The van der Waals surface area contributed by atoms with Crippen LogP contribution in [0.15, 0.2) is 41.5 Å². The second-order valence-corrected chi connectivity index (χ2v) is 6.12. The number of nitrogens with one attached hydrogen (secondary N) is 1. The number of nitrogens with zero attached hydrogens (tertiary/aromatic N) is 2. The van der Waals surface area contributed by atoms with Crippen molar-refractivity contribution in [3.05, 3.63) is 59.4 Å². The van der Waals surface area contributed by atoms with Gasteiger partial charge in [0.1, 0.15) is 11.5 Å². The zero-order valence-electron chi connectivity index (χ0n) is 14.0. The molecule has 0 bridgehead atoms. The zero-order valence-corrected chi connectivity index (χ0v) is 14.0. The van der Waals surface area contributed by atoms with E-state index >= 15 is 0 Å². The molecule has 1 aliphatic rings. The third-order valence-corrected chi connectivity index (χ3v) is 4.36. The topological polar surface area (TPSA) is 27.6 Å². The molecule has 6 heteroatoms. The molecule has 25 heavy (non-hydrogen) atoms. The highest BCUT2D eigenvalue weighted by molar-refractivity contribution is 5.99. The van der Waals surface area contributed by atoms with Crippen LogP contribution < -0.4 is 10.3 Å². The Morgan fingerprint density at radius 2 is 1.64 bits per heavy atom. The van der Waals surface area contributed by atoms with Crippen LogP contribution in [0.2, 0.25) is 0 Å². The summed E-state index contributed by atoms with van der Waals surface area (Å²) in [5, 5.41) is 3.98. The van der Waals surface area contributed by atoms with E-state index in [9.17, 15) is 13.2 Å². The molecule has 1 fully saturated rings. The average molecular weight is 347 g/mol. The maximum atomic E-state index is 14.4. The van der Waals surface area contributed by atoms with Gasteiger partial charge in [-0.25, -0.2) is 13.2 Å². The molecule has 2 aromatic rings. The van der Waals surface area contributed by atoms with Crippen molar-refractivity contribution < 1.29 is 13.2 Å². The van der Waals surface area contributed by atoms with E-state index in [1.807, 2.05) is 4.90 Å². The van der Waals surface area contributed by atoms with Crippen molar-refractivity contribution in [3.63, 3.8) is 0 Å². The van der Waals surface area contributed by atoms with Crippen LogP contribution in [0.3, 0.4) is 0 Å². The molecule has 1 aliphatic heterocycles. The highest BCUT2D eigenvalue weighted by Gasteiger charge is 2.15. The molecular weight excluding hydrogens is 327 g/mol. The second kappa shape index (κ2) is 7.59. The molecule has 3 nitrogen and oxygen atoms in total. The molecule has 1 saturated heterocycles. The number of anilines is 2. The molecule has 1 heterocycles. The fourth-order valence-electron chi connectivity index (χ4n) is 2.93. The lowest BCUT2D eigenvalue weighted by molar-refractivity contribution is 0.557. The van der Waals surface area contributed by atoms with Crippen molar-refractivity contribution in [3.8, 4) is 0 Å². The van der Waals surface area contributed by atoms with Crippen molar-refractivity contribution >= 4 is 17.1 Å². The van der Waals surface area contributed by atoms with Crippen molar-refractivity contribution in [2.24, 2.45) is 5.10 Å². The lowest BCUT2D eigenvalue weighted by Crippen LogP contribution is -2.30. The summed E-state index contributed by atoms with van der Waals surface area (Å²) in [5.74, 6) is -1.78. The summed E-state index contributed by atoms with van der Waals surface area (Å²) in [4.78, 5) is 2.04. The van der Waals surface area contributed by atoms with Crippen LogP contribution in [0.4, 0.5) is 24.5 Å². The summed E-state index contributed by atoms with van der Waals surface area (Å²) >= 11 is 0. The van der Waals surface area contributed by atoms with E-state index in [2.05, 4.69) is 10.5 Å². The smallest absolute Gasteiger partial charge is 0.151 e. The van der Waals surface area contributed by atoms with Crippen molar-refractivity contribution in [2.75, 3.05) is 23.4 Å². The van der Waals surface area contributed by atoms with E-state index in [0.29, 0.717) is 17.0 Å². The molecule has 0 atom stereocenters. The second-order valence-electron chi connectivity index (χ2n) is 6.12. The Balaban J connectivity index is 1.78. The fourth-order valence-corrected chi connectivity index (χ4v) is 2.93. The molecule has 0 aromatic heterocycles. The summed E-state index contributed by atoms with van der Waals surface area (Å²) in [6.45, 7) is 3.37. The van der Waals surface area contributed by atoms with Gasteiger partial charge in [0.05, 0.1) is 11.4 Å². The van der Waals surface area contributed by atoms with E-state index in [1.165, 1.54) is 18.6 Å². The number of hydrogen-bond acceptors (Lipinski definition) is 3. The summed E-state index contributed by atoms with van der Waals surface area (Å²) < 4.78 is 41.6. The van der Waals surface area contributed by atoms with Gasteiger partial charge in [-0.05, 0) is 50.5 Å². The SMILES string of the molecule is CC(=NNc1c(F)cccc1F)c1ccc(N2CCCCC2)c(F)c1. The number of piperidine rings is 1. The molecule has 1 N–H and O–H groups in total. The van der Waals surface area contributed by atoms with Crippen molar-refractivity contribution in [2.45, 2.75) is 26.2 Å². The van der Waals surface area contributed by atoms with E-state index < -0.39 is 11.6 Å². The summed E-state index contributed by atoms with van der Waals surface area (Å²) in [6.07, 6.45) is 3.32. The first-order chi connectivity index (χ1) is 12.1. The minimum absolute atomic E-state index is 0.314. The number of benzene rings is 2. The Morgan fingerprint density at radius 1 is 0.960 bits per heavy atom. The largest absolute Gasteiger partial charge is 0.369 e. The van der Waals surface area contributed by atoms with Crippen LogP contribution in [0.25, 0.3) is 0 Å². The van der Waals surface area contributed by atoms with Gasteiger partial charge in [-0.1, -0.05) is 12.1 Å². The highest BCUT2D eigenvalue weighted by atomic mass is 19.1. The summed E-state index contributed by atoms with van der Waals surface area (Å²) in [5.41, 5.74) is 3.64. The molecule has 0 unspecified atom stereocenters. The molecule has 0 aliphatic carbocycles. The number of hydrogen-bond donors (Lipinski definition) is 1. The van der Waals surface area contributed by atoms with E-state index in [1.54, 1.807) is 19.1 Å². The van der Waals surface area contributed by atoms with Gasteiger partial charge >= 0.3 is 0 Å². The van der Waals surface area contributed by atoms with Gasteiger partial charge < -0.3 is 4.90 Å². The van der Waals surface area contributed by atoms with Crippen LogP contribution in [-0.2, 0) is 0 Å². The van der Waals surface area contributed by atoms with Gasteiger partial charge in [-0.2, -0.15) is 5.10 Å². The zero-order chi connectivity index (χ0) is 17.8. The van der Waals surface area contributed by atoms with E-state index in [4.69, 9.17) is 0 Å². The molecule has 0 spiro atoms. The predicted octanol–water partition coefficient (Wildman–Crippen LogP) is 4.93. The molecule has 0 radical (unpaired) electrons. The summed E-state index contributed by atoms with van der Waals surface area (Å²) in [7, 11) is 0. The monoisotopic (exact) mass is 347 g/mol. The summed E-state index contributed by atoms with van der Waals surface area (Å²) in [6, 6.07) is 8.47. The average Bonchev–Trinajstić information content (AvgIpc) is 2.61. The van der Waals surface area contributed by atoms with Gasteiger partial charge in [0.2, 0.25) is 0 Å². The van der Waals surface area contributed by atoms with Crippen LogP contribution >= 0.6 is 0 Å². The van der Waals surface area contributed by atoms with E-state index in [0.717, 1.165) is 38.1 Å². The van der Waals surface area contributed by atoms with Gasteiger partial charge in [0.25, 0.3) is 0 Å². The third kappa shape index (κ3) is 3.95. The first kappa shape index (κ1) is 17.3. The minimum atomic E-state index is -0.733. The van der Waals surface area contributed by atoms with Gasteiger partial charge in [0, 0.05) is 18.7 Å². The first-order valence-corrected chi connectivity index (χ1v) is 8.35. The van der Waals surface area contributed by atoms with Crippen LogP contribution in [-0.4, -0.2) is 18.8 Å². The fraction of sp³-hybridized carbons (Fsp3) is 0.316. The molecule has 3 rings (SSSR count). The molecule has 132 valence electrons. The quantitative estimate of drug-likeness (QED) is 0.627. The lowest BCUT2D eigenvalue weighted by atomic mass is 10.1. The Labute approximate surface area is 145 Å². The molecule has 2 aromatic carbocycles. The Morgan fingerprint density at radius 3 is 2.28 bits per heavy atom. The first-order valence-electron chi connectivity index (χ1n) is 8.35. The molecular formula is C19H20F3N3. The predicted molar refractivity (Wildman–Crippen MR) is 94.7 cm³/mol. The standard InChI is InChI=1S/C19H20F3N3/c1-13(23-24-19-15(20)6-5-7-16(19)21)14-8-9-18(17(22)12-14)25-10-3-2-4-11-25/h5-9,12,24H,2-4,10-11H2,1H3. The van der Waals surface area contributed by atoms with Crippen LogP contribution in [0.1, 0.15) is 31.7 Å². The number of rotatable bonds is 4. The van der Waals surface area contributed by atoms with Gasteiger partial charge in [-0.3, -0.25) is 5.43 Å².